The van der Waals surface area contributed by atoms with Gasteiger partial charge in [0.2, 0.25) is 0 Å². The van der Waals surface area contributed by atoms with E-state index in [2.05, 4.69) is 36.5 Å². The van der Waals surface area contributed by atoms with Gasteiger partial charge in [0.05, 0.1) is 12.6 Å². The summed E-state index contributed by atoms with van der Waals surface area (Å²) in [6, 6.07) is 0.743. The Labute approximate surface area is 102 Å². The standard InChI is InChI=1S/C12H22N2OS/c1-8(2)13-11(9(3)6-15-5)12-14-10(4)7-16-12/h7-9,11,13H,6H2,1-5H3. The number of rotatable bonds is 6. The Morgan fingerprint density at radius 1 is 1.44 bits per heavy atom. The number of aromatic nitrogens is 1. The molecule has 1 aromatic heterocycles. The number of thiazole rings is 1. The number of aryl methyl sites for hydroxylation is 1. The summed E-state index contributed by atoms with van der Waals surface area (Å²) in [5.41, 5.74) is 1.10. The molecule has 1 aromatic rings. The van der Waals surface area contributed by atoms with Gasteiger partial charge in [0.25, 0.3) is 0 Å². The van der Waals surface area contributed by atoms with Crippen molar-refractivity contribution in [1.82, 2.24) is 10.3 Å². The topological polar surface area (TPSA) is 34.1 Å². The summed E-state index contributed by atoms with van der Waals surface area (Å²) in [5, 5.41) is 6.83. The van der Waals surface area contributed by atoms with Crippen molar-refractivity contribution in [2.24, 2.45) is 5.92 Å². The molecule has 1 N–H and O–H groups in total. The van der Waals surface area contributed by atoms with Crippen LogP contribution < -0.4 is 5.32 Å². The van der Waals surface area contributed by atoms with Crippen molar-refractivity contribution in [2.75, 3.05) is 13.7 Å². The molecule has 2 atom stereocenters. The molecule has 0 amide bonds. The third-order valence-corrected chi connectivity index (χ3v) is 3.46. The molecular weight excluding hydrogens is 220 g/mol. The Kier molecular flexibility index (Phi) is 5.38. The summed E-state index contributed by atoms with van der Waals surface area (Å²) in [5.74, 6) is 0.429. The maximum Gasteiger partial charge on any atom is 0.110 e. The van der Waals surface area contributed by atoms with Crippen LogP contribution in [0.3, 0.4) is 0 Å². The number of methoxy groups -OCH3 is 1. The maximum atomic E-state index is 5.23. The molecular formula is C12H22N2OS. The van der Waals surface area contributed by atoms with E-state index in [4.69, 9.17) is 4.74 Å². The van der Waals surface area contributed by atoms with Gasteiger partial charge >= 0.3 is 0 Å². The number of nitrogens with zero attached hydrogens (tertiary/aromatic N) is 1. The highest BCUT2D eigenvalue weighted by Crippen LogP contribution is 2.25. The molecule has 4 heteroatoms. The molecule has 0 aliphatic rings. The minimum Gasteiger partial charge on any atom is -0.384 e. The fraction of sp³-hybridized carbons (Fsp3) is 0.750. The van der Waals surface area contributed by atoms with E-state index < -0.39 is 0 Å². The maximum absolute atomic E-state index is 5.23. The van der Waals surface area contributed by atoms with Gasteiger partial charge in [0.15, 0.2) is 0 Å². The molecule has 2 unspecified atom stereocenters. The normalized spacial score (nSPS) is 15.4. The first-order chi connectivity index (χ1) is 7.54. The van der Waals surface area contributed by atoms with E-state index in [-0.39, 0.29) is 0 Å². The SMILES string of the molecule is COCC(C)C(NC(C)C)c1nc(C)cs1. The van der Waals surface area contributed by atoms with Gasteiger partial charge in [-0.05, 0) is 6.92 Å². The Balaban J connectivity index is 2.78. The van der Waals surface area contributed by atoms with Gasteiger partial charge in [-0.25, -0.2) is 4.98 Å². The van der Waals surface area contributed by atoms with Crippen LogP contribution in [0.25, 0.3) is 0 Å². The van der Waals surface area contributed by atoms with Gasteiger partial charge in [-0.1, -0.05) is 20.8 Å². The molecule has 0 saturated heterocycles. The van der Waals surface area contributed by atoms with Crippen molar-refractivity contribution in [3.63, 3.8) is 0 Å². The van der Waals surface area contributed by atoms with Crippen LogP contribution in [0, 0.1) is 12.8 Å². The summed E-state index contributed by atoms with van der Waals surface area (Å²) in [6.07, 6.45) is 0. The van der Waals surface area contributed by atoms with E-state index in [1.165, 1.54) is 0 Å². The summed E-state index contributed by atoms with van der Waals surface area (Å²) in [7, 11) is 1.75. The number of hydrogen-bond acceptors (Lipinski definition) is 4. The second-order valence-electron chi connectivity index (χ2n) is 4.56. The zero-order valence-electron chi connectivity index (χ0n) is 10.8. The quantitative estimate of drug-likeness (QED) is 0.833. The Morgan fingerprint density at radius 2 is 2.12 bits per heavy atom. The average Bonchev–Trinajstić information content (AvgIpc) is 2.61. The van der Waals surface area contributed by atoms with E-state index in [0.29, 0.717) is 18.0 Å². The van der Waals surface area contributed by atoms with Crippen LogP contribution in [-0.4, -0.2) is 24.7 Å². The monoisotopic (exact) mass is 242 g/mol. The van der Waals surface area contributed by atoms with Crippen LogP contribution in [-0.2, 0) is 4.74 Å². The lowest BCUT2D eigenvalue weighted by molar-refractivity contribution is 0.136. The van der Waals surface area contributed by atoms with Crippen molar-refractivity contribution < 1.29 is 4.74 Å². The number of ether oxygens (including phenoxy) is 1. The second-order valence-corrected chi connectivity index (χ2v) is 5.45. The first-order valence-electron chi connectivity index (χ1n) is 5.71. The molecule has 0 radical (unpaired) electrons. The summed E-state index contributed by atoms with van der Waals surface area (Å²) in [4.78, 5) is 4.57. The van der Waals surface area contributed by atoms with Crippen molar-refractivity contribution in [3.8, 4) is 0 Å². The lowest BCUT2D eigenvalue weighted by Gasteiger charge is -2.25. The lowest BCUT2D eigenvalue weighted by Crippen LogP contribution is -2.34. The fourth-order valence-corrected chi connectivity index (χ4v) is 2.70. The van der Waals surface area contributed by atoms with Crippen LogP contribution in [0.1, 0.15) is 37.5 Å². The Hall–Kier alpha value is -0.450. The molecule has 0 aliphatic heterocycles. The van der Waals surface area contributed by atoms with E-state index in [0.717, 1.165) is 17.3 Å². The van der Waals surface area contributed by atoms with E-state index >= 15 is 0 Å². The zero-order chi connectivity index (χ0) is 12.1. The molecule has 1 rings (SSSR count). The van der Waals surface area contributed by atoms with Gasteiger partial charge in [0.1, 0.15) is 5.01 Å². The third-order valence-electron chi connectivity index (χ3n) is 2.41. The van der Waals surface area contributed by atoms with Crippen LogP contribution in [0.2, 0.25) is 0 Å². The zero-order valence-corrected chi connectivity index (χ0v) is 11.6. The predicted octanol–water partition coefficient (Wildman–Crippen LogP) is 2.77. The molecule has 1 heterocycles. The molecule has 0 spiro atoms. The van der Waals surface area contributed by atoms with E-state index in [1.54, 1.807) is 18.4 Å². The Bertz CT molecular complexity index is 312. The van der Waals surface area contributed by atoms with Crippen LogP contribution >= 0.6 is 11.3 Å². The van der Waals surface area contributed by atoms with Gasteiger partial charge < -0.3 is 10.1 Å². The molecule has 3 nitrogen and oxygen atoms in total. The van der Waals surface area contributed by atoms with Gasteiger partial charge in [-0.15, -0.1) is 11.3 Å². The highest BCUT2D eigenvalue weighted by Gasteiger charge is 2.22. The predicted molar refractivity (Wildman–Crippen MR) is 68.9 cm³/mol. The van der Waals surface area contributed by atoms with E-state index in [1.807, 2.05) is 6.92 Å². The van der Waals surface area contributed by atoms with Crippen molar-refractivity contribution >= 4 is 11.3 Å². The molecule has 0 aromatic carbocycles. The highest BCUT2D eigenvalue weighted by molar-refractivity contribution is 7.09. The van der Waals surface area contributed by atoms with Crippen molar-refractivity contribution in [2.45, 2.75) is 39.8 Å². The van der Waals surface area contributed by atoms with Crippen molar-refractivity contribution in [1.29, 1.82) is 0 Å². The second kappa shape index (κ2) is 6.33. The first-order valence-corrected chi connectivity index (χ1v) is 6.59. The lowest BCUT2D eigenvalue weighted by atomic mass is 10.0. The minimum absolute atomic E-state index is 0.290. The van der Waals surface area contributed by atoms with Gasteiger partial charge in [-0.3, -0.25) is 0 Å². The average molecular weight is 242 g/mol. The fourth-order valence-electron chi connectivity index (χ4n) is 1.71. The first kappa shape index (κ1) is 13.6. The van der Waals surface area contributed by atoms with Gasteiger partial charge in [-0.2, -0.15) is 0 Å². The largest absolute Gasteiger partial charge is 0.384 e. The summed E-state index contributed by atoms with van der Waals surface area (Å²) < 4.78 is 5.23. The third kappa shape index (κ3) is 3.85. The molecule has 0 bridgehead atoms. The smallest absolute Gasteiger partial charge is 0.110 e. The highest BCUT2D eigenvalue weighted by atomic mass is 32.1. The van der Waals surface area contributed by atoms with Crippen LogP contribution in [0.4, 0.5) is 0 Å². The number of hydrogen-bond donors (Lipinski definition) is 1. The van der Waals surface area contributed by atoms with Crippen molar-refractivity contribution in [3.05, 3.63) is 16.1 Å². The molecule has 0 fully saturated rings. The summed E-state index contributed by atoms with van der Waals surface area (Å²) >= 11 is 1.72. The van der Waals surface area contributed by atoms with Crippen LogP contribution in [0.15, 0.2) is 5.38 Å². The molecule has 92 valence electrons. The van der Waals surface area contributed by atoms with Gasteiger partial charge in [0, 0.05) is 30.1 Å². The van der Waals surface area contributed by atoms with Crippen LogP contribution in [0.5, 0.6) is 0 Å². The minimum atomic E-state index is 0.290. The summed E-state index contributed by atoms with van der Waals surface area (Å²) in [6.45, 7) is 9.30. The Morgan fingerprint density at radius 3 is 2.56 bits per heavy atom. The molecule has 0 saturated carbocycles. The molecule has 16 heavy (non-hydrogen) atoms. The van der Waals surface area contributed by atoms with E-state index in [9.17, 15) is 0 Å². The molecule has 0 aliphatic carbocycles. The number of nitrogens with one attached hydrogen (secondary N) is 1.